The molecule has 0 aliphatic carbocycles. The highest BCUT2D eigenvalue weighted by molar-refractivity contribution is 9.12. The average Bonchev–Trinajstić information content (AvgIpc) is 2.96. The minimum Gasteiger partial charge on any atom is -0.497 e. The van der Waals surface area contributed by atoms with Crippen LogP contribution in [0.1, 0.15) is 11.1 Å². The first-order valence-corrected chi connectivity index (χ1v) is 8.04. The second-order valence-electron chi connectivity index (χ2n) is 5.00. The van der Waals surface area contributed by atoms with Crippen molar-refractivity contribution in [3.8, 4) is 5.75 Å². The second-order valence-corrected chi connectivity index (χ2v) is 5.92. The Balaban J connectivity index is 1.84. The molecule has 0 radical (unpaired) electrons. The van der Waals surface area contributed by atoms with Crippen molar-refractivity contribution in [1.82, 2.24) is 0 Å². The highest BCUT2D eigenvalue weighted by atomic mass is 79.9. The molecule has 4 nitrogen and oxygen atoms in total. The molecule has 1 aliphatic heterocycles. The molecule has 1 aliphatic rings. The summed E-state index contributed by atoms with van der Waals surface area (Å²) in [6, 6.07) is 17.0. The number of nitrogens with zero attached hydrogens (tertiary/aromatic N) is 1. The van der Waals surface area contributed by atoms with Gasteiger partial charge in [0.15, 0.2) is 5.70 Å². The van der Waals surface area contributed by atoms with Crippen LogP contribution in [0.3, 0.4) is 0 Å². The van der Waals surface area contributed by atoms with Crippen LogP contribution < -0.4 is 4.74 Å². The van der Waals surface area contributed by atoms with Crippen LogP contribution in [0.2, 0.25) is 0 Å². The van der Waals surface area contributed by atoms with Crippen LogP contribution in [0, 0.1) is 0 Å². The molecule has 24 heavy (non-hydrogen) atoms. The Kier molecular flexibility index (Phi) is 4.91. The normalized spacial score (nSPS) is 16.1. The number of esters is 1. The molecule has 0 saturated heterocycles. The van der Waals surface area contributed by atoms with E-state index in [1.165, 1.54) is 0 Å². The Morgan fingerprint density at radius 1 is 1.12 bits per heavy atom. The smallest absolute Gasteiger partial charge is 0.363 e. The standard InChI is InChI=1S/C19H14BrNO3/c1-23-16-9-7-14(8-10-16)18-21-17(19(22)24-18)12-15(20)11-13-5-3-2-4-6-13/h2-12H,1H3. The predicted molar refractivity (Wildman–Crippen MR) is 97.1 cm³/mol. The first kappa shape index (κ1) is 16.2. The molecular formula is C19H14BrNO3. The van der Waals surface area contributed by atoms with Gasteiger partial charge in [0.05, 0.1) is 7.11 Å². The number of allylic oxidation sites excluding steroid dienone is 2. The van der Waals surface area contributed by atoms with Gasteiger partial charge in [0, 0.05) is 10.0 Å². The number of carbonyl (C=O) groups excluding carboxylic acids is 1. The van der Waals surface area contributed by atoms with E-state index in [0.29, 0.717) is 0 Å². The van der Waals surface area contributed by atoms with Gasteiger partial charge in [-0.3, -0.25) is 0 Å². The van der Waals surface area contributed by atoms with Gasteiger partial charge in [-0.2, -0.15) is 0 Å². The lowest BCUT2D eigenvalue weighted by Crippen LogP contribution is -2.05. The number of rotatable bonds is 4. The molecule has 2 aromatic rings. The van der Waals surface area contributed by atoms with Gasteiger partial charge < -0.3 is 9.47 Å². The van der Waals surface area contributed by atoms with Crippen LogP contribution in [-0.2, 0) is 9.53 Å². The van der Waals surface area contributed by atoms with E-state index in [2.05, 4.69) is 20.9 Å². The molecule has 0 amide bonds. The largest absolute Gasteiger partial charge is 0.497 e. The summed E-state index contributed by atoms with van der Waals surface area (Å²) in [5.41, 5.74) is 1.99. The Labute approximate surface area is 148 Å². The molecule has 0 N–H and O–H groups in total. The average molecular weight is 384 g/mol. The number of cyclic esters (lactones) is 1. The number of carbonyl (C=O) groups is 1. The Morgan fingerprint density at radius 3 is 2.50 bits per heavy atom. The number of aliphatic imine (C=N–C) groups is 1. The van der Waals surface area contributed by atoms with E-state index < -0.39 is 5.97 Å². The van der Waals surface area contributed by atoms with Crippen molar-refractivity contribution in [3.63, 3.8) is 0 Å². The van der Waals surface area contributed by atoms with Crippen molar-refractivity contribution in [2.45, 2.75) is 0 Å². The number of halogens is 1. The SMILES string of the molecule is COc1ccc(C2=NC(=CC(Br)=Cc3ccccc3)C(=O)O2)cc1. The van der Waals surface area contributed by atoms with E-state index in [-0.39, 0.29) is 11.6 Å². The topological polar surface area (TPSA) is 47.9 Å². The van der Waals surface area contributed by atoms with Crippen LogP contribution in [0.15, 0.2) is 75.8 Å². The van der Waals surface area contributed by atoms with Gasteiger partial charge in [-0.05, 0) is 42.0 Å². The summed E-state index contributed by atoms with van der Waals surface area (Å²) in [7, 11) is 1.60. The molecule has 0 saturated carbocycles. The van der Waals surface area contributed by atoms with Crippen LogP contribution in [0.5, 0.6) is 5.75 Å². The third kappa shape index (κ3) is 3.81. The van der Waals surface area contributed by atoms with Crippen LogP contribution in [0.25, 0.3) is 6.08 Å². The van der Waals surface area contributed by atoms with E-state index >= 15 is 0 Å². The van der Waals surface area contributed by atoms with Gasteiger partial charge in [-0.1, -0.05) is 46.3 Å². The van der Waals surface area contributed by atoms with Gasteiger partial charge >= 0.3 is 5.97 Å². The summed E-state index contributed by atoms with van der Waals surface area (Å²) in [4.78, 5) is 16.3. The first-order chi connectivity index (χ1) is 11.7. The molecule has 0 fully saturated rings. The fourth-order valence-electron chi connectivity index (χ4n) is 2.15. The molecule has 0 unspecified atom stereocenters. The van der Waals surface area contributed by atoms with Crippen molar-refractivity contribution in [2.75, 3.05) is 7.11 Å². The van der Waals surface area contributed by atoms with Gasteiger partial charge in [-0.15, -0.1) is 0 Å². The van der Waals surface area contributed by atoms with E-state index in [1.807, 2.05) is 36.4 Å². The molecule has 2 aromatic carbocycles. The summed E-state index contributed by atoms with van der Waals surface area (Å²) in [5.74, 6) is 0.543. The monoisotopic (exact) mass is 383 g/mol. The number of ether oxygens (including phenoxy) is 2. The number of hydrogen-bond donors (Lipinski definition) is 0. The van der Waals surface area contributed by atoms with Crippen molar-refractivity contribution in [1.29, 1.82) is 0 Å². The van der Waals surface area contributed by atoms with E-state index in [4.69, 9.17) is 9.47 Å². The van der Waals surface area contributed by atoms with Crippen molar-refractivity contribution in [3.05, 3.63) is 82.0 Å². The van der Waals surface area contributed by atoms with Crippen LogP contribution in [-0.4, -0.2) is 19.0 Å². The maximum absolute atomic E-state index is 12.0. The maximum Gasteiger partial charge on any atom is 0.363 e. The Morgan fingerprint density at radius 2 is 1.83 bits per heavy atom. The third-order valence-electron chi connectivity index (χ3n) is 3.34. The van der Waals surface area contributed by atoms with Crippen LogP contribution >= 0.6 is 15.9 Å². The summed E-state index contributed by atoms with van der Waals surface area (Å²) < 4.78 is 11.1. The third-order valence-corrected chi connectivity index (χ3v) is 3.79. The quantitative estimate of drug-likeness (QED) is 0.583. The molecule has 0 spiro atoms. The minimum absolute atomic E-state index is 0.250. The molecule has 120 valence electrons. The summed E-state index contributed by atoms with van der Waals surface area (Å²) in [6.07, 6.45) is 3.55. The van der Waals surface area contributed by atoms with Gasteiger partial charge in [-0.25, -0.2) is 9.79 Å². The van der Waals surface area contributed by atoms with Crippen molar-refractivity contribution in [2.24, 2.45) is 4.99 Å². The van der Waals surface area contributed by atoms with E-state index in [9.17, 15) is 4.79 Å². The molecule has 0 atom stereocenters. The highest BCUT2D eigenvalue weighted by Crippen LogP contribution is 2.22. The predicted octanol–water partition coefficient (Wildman–Crippen LogP) is 4.32. The molecule has 0 bridgehead atoms. The molecule has 0 aromatic heterocycles. The second kappa shape index (κ2) is 7.27. The van der Waals surface area contributed by atoms with E-state index in [1.54, 1.807) is 37.5 Å². The Bertz CT molecular complexity index is 837. The summed E-state index contributed by atoms with van der Waals surface area (Å²) in [5, 5.41) is 0. The lowest BCUT2D eigenvalue weighted by molar-refractivity contribution is -0.130. The fraction of sp³-hybridized carbons (Fsp3) is 0.0526. The fourth-order valence-corrected chi connectivity index (χ4v) is 2.63. The van der Waals surface area contributed by atoms with E-state index in [0.717, 1.165) is 21.4 Å². The molecular weight excluding hydrogens is 370 g/mol. The minimum atomic E-state index is -0.473. The number of hydrogen-bond acceptors (Lipinski definition) is 4. The summed E-state index contributed by atoms with van der Waals surface area (Å²) in [6.45, 7) is 0. The van der Waals surface area contributed by atoms with Gasteiger partial charge in [0.2, 0.25) is 5.90 Å². The molecule has 5 heteroatoms. The molecule has 1 heterocycles. The highest BCUT2D eigenvalue weighted by Gasteiger charge is 2.24. The number of methoxy groups -OCH3 is 1. The zero-order valence-corrected chi connectivity index (χ0v) is 14.5. The van der Waals surface area contributed by atoms with Gasteiger partial charge in [0.25, 0.3) is 0 Å². The van der Waals surface area contributed by atoms with Crippen molar-refractivity contribution >= 4 is 33.9 Å². The summed E-state index contributed by atoms with van der Waals surface area (Å²) >= 11 is 3.44. The first-order valence-electron chi connectivity index (χ1n) is 7.25. The van der Waals surface area contributed by atoms with Gasteiger partial charge in [0.1, 0.15) is 5.75 Å². The zero-order valence-electron chi connectivity index (χ0n) is 12.9. The van der Waals surface area contributed by atoms with Crippen LogP contribution in [0.4, 0.5) is 0 Å². The Hall–Kier alpha value is -2.66. The lowest BCUT2D eigenvalue weighted by Gasteiger charge is -2.01. The lowest BCUT2D eigenvalue weighted by atomic mass is 10.2. The number of benzene rings is 2. The molecule has 3 rings (SSSR count). The maximum atomic E-state index is 12.0. The zero-order chi connectivity index (χ0) is 16.9. The van der Waals surface area contributed by atoms with Crippen molar-refractivity contribution < 1.29 is 14.3 Å².